The van der Waals surface area contributed by atoms with E-state index < -0.39 is 0 Å². The average Bonchev–Trinajstić information content (AvgIpc) is 3.33. The summed E-state index contributed by atoms with van der Waals surface area (Å²) in [5, 5.41) is 0. The summed E-state index contributed by atoms with van der Waals surface area (Å²) in [4.78, 5) is 13.2. The zero-order valence-corrected chi connectivity index (χ0v) is 20.8. The Kier molecular flexibility index (Phi) is 7.11. The molecule has 2 N–H and O–H groups in total. The van der Waals surface area contributed by atoms with Gasteiger partial charge in [0.15, 0.2) is 11.5 Å². The number of allylic oxidation sites excluding steroid dienone is 2. The van der Waals surface area contributed by atoms with Crippen molar-refractivity contribution in [2.45, 2.75) is 39.7 Å². The quantitative estimate of drug-likeness (QED) is 0.314. The second kappa shape index (κ2) is 10.6. The highest BCUT2D eigenvalue weighted by Crippen LogP contribution is 2.50. The second-order valence-corrected chi connectivity index (χ2v) is 9.80. The Bertz CT molecular complexity index is 1310. The maximum atomic E-state index is 6.79. The molecule has 36 heavy (non-hydrogen) atoms. The fraction of sp³-hybridized carbons (Fsp3) is 0.345. The minimum atomic E-state index is -0.379. The molecule has 2 heterocycles. The van der Waals surface area contributed by atoms with Gasteiger partial charge in [-0.1, -0.05) is 86.7 Å². The Labute approximate surface area is 212 Å². The summed E-state index contributed by atoms with van der Waals surface area (Å²) in [5.74, 6) is 0.931. The number of imidazole rings is 1. The molecule has 0 bridgehead atoms. The molecule has 1 aliphatic carbocycles. The van der Waals surface area contributed by atoms with Crippen LogP contribution < -0.4 is 5.73 Å². The fourth-order valence-corrected chi connectivity index (χ4v) is 5.24. The molecule has 0 amide bonds. The molecule has 0 spiro atoms. The van der Waals surface area contributed by atoms with Gasteiger partial charge in [-0.2, -0.15) is 0 Å². The number of anilines is 1. The molecule has 0 unspecified atom stereocenters. The predicted octanol–water partition coefficient (Wildman–Crippen LogP) is 5.56. The summed E-state index contributed by atoms with van der Waals surface area (Å²) in [6, 6.07) is 20.5. The molecule has 0 radical (unpaired) electrons. The Morgan fingerprint density at radius 2 is 1.64 bits per heavy atom. The van der Waals surface area contributed by atoms with E-state index in [2.05, 4.69) is 65.2 Å². The molecule has 186 valence electrons. The van der Waals surface area contributed by atoms with Gasteiger partial charge in [-0.15, -0.1) is 0 Å². The molecule has 0 saturated carbocycles. The van der Waals surface area contributed by atoms with E-state index >= 15 is 0 Å². The van der Waals surface area contributed by atoms with Crippen LogP contribution in [0.3, 0.4) is 0 Å². The van der Waals surface area contributed by atoms with Crippen molar-refractivity contribution in [2.24, 2.45) is 17.3 Å². The van der Waals surface area contributed by atoms with Crippen LogP contribution in [0.1, 0.15) is 37.6 Å². The van der Waals surface area contributed by atoms with Crippen molar-refractivity contribution < 1.29 is 9.47 Å². The van der Waals surface area contributed by atoms with Crippen molar-refractivity contribution in [1.82, 2.24) is 19.5 Å². The molecule has 1 aliphatic rings. The molecule has 2 aromatic heterocycles. The van der Waals surface area contributed by atoms with Gasteiger partial charge in [0.1, 0.15) is 18.1 Å². The number of fused-ring (bicyclic) bond motifs is 1. The van der Waals surface area contributed by atoms with Crippen molar-refractivity contribution in [3.05, 3.63) is 96.6 Å². The normalized spacial score (nSPS) is 22.6. The number of aromatic nitrogens is 4. The summed E-state index contributed by atoms with van der Waals surface area (Å²) < 4.78 is 15.3. The first kappa shape index (κ1) is 24.2. The second-order valence-electron chi connectivity index (χ2n) is 9.80. The van der Waals surface area contributed by atoms with E-state index in [1.807, 2.05) is 41.0 Å². The SMILES string of the molecule is C[C@H]1C=C[C@H](C)[C@](COCc2ccccc2)([C@H](OCc2ccccc2)n2cnc3c(N)ncnc32)C1. The van der Waals surface area contributed by atoms with Gasteiger partial charge in [0, 0.05) is 5.41 Å². The molecular weight excluding hydrogens is 450 g/mol. The lowest BCUT2D eigenvalue weighted by Crippen LogP contribution is -2.45. The maximum Gasteiger partial charge on any atom is 0.167 e. The number of hydrogen-bond donors (Lipinski definition) is 1. The van der Waals surface area contributed by atoms with Crippen LogP contribution in [-0.2, 0) is 22.7 Å². The number of benzene rings is 2. The number of rotatable bonds is 9. The number of hydrogen-bond acceptors (Lipinski definition) is 6. The van der Waals surface area contributed by atoms with Gasteiger partial charge in [-0.25, -0.2) is 15.0 Å². The first-order valence-corrected chi connectivity index (χ1v) is 12.5. The van der Waals surface area contributed by atoms with Crippen LogP contribution in [0.25, 0.3) is 11.2 Å². The molecule has 7 heteroatoms. The Balaban J connectivity index is 1.54. The van der Waals surface area contributed by atoms with Crippen molar-refractivity contribution >= 4 is 17.0 Å². The topological polar surface area (TPSA) is 88.1 Å². The Morgan fingerprint density at radius 3 is 2.36 bits per heavy atom. The van der Waals surface area contributed by atoms with Crippen LogP contribution in [0.2, 0.25) is 0 Å². The first-order valence-electron chi connectivity index (χ1n) is 12.5. The summed E-state index contributed by atoms with van der Waals surface area (Å²) in [5.41, 5.74) is 9.28. The van der Waals surface area contributed by atoms with Crippen LogP contribution in [-0.4, -0.2) is 26.1 Å². The Morgan fingerprint density at radius 1 is 0.944 bits per heavy atom. The van der Waals surface area contributed by atoms with Crippen LogP contribution >= 0.6 is 0 Å². The molecule has 5 rings (SSSR count). The Hall–Kier alpha value is -3.55. The zero-order valence-electron chi connectivity index (χ0n) is 20.8. The third kappa shape index (κ3) is 4.90. The van der Waals surface area contributed by atoms with Crippen LogP contribution in [0, 0.1) is 17.3 Å². The van der Waals surface area contributed by atoms with E-state index in [1.165, 1.54) is 6.33 Å². The largest absolute Gasteiger partial charge is 0.382 e. The number of nitrogens with zero attached hydrogens (tertiary/aromatic N) is 4. The minimum absolute atomic E-state index is 0.196. The van der Waals surface area contributed by atoms with E-state index in [4.69, 9.17) is 15.2 Å². The third-order valence-electron chi connectivity index (χ3n) is 7.20. The lowest BCUT2D eigenvalue weighted by molar-refractivity contribution is -0.155. The molecule has 4 atom stereocenters. The molecule has 0 aliphatic heterocycles. The third-order valence-corrected chi connectivity index (χ3v) is 7.20. The highest BCUT2D eigenvalue weighted by molar-refractivity contribution is 5.81. The van der Waals surface area contributed by atoms with Crippen molar-refractivity contribution in [3.8, 4) is 0 Å². The first-order chi connectivity index (χ1) is 17.6. The van der Waals surface area contributed by atoms with E-state index in [0.29, 0.717) is 42.7 Å². The summed E-state index contributed by atoms with van der Waals surface area (Å²) in [7, 11) is 0. The van der Waals surface area contributed by atoms with Gasteiger partial charge in [-0.3, -0.25) is 4.57 Å². The smallest absolute Gasteiger partial charge is 0.167 e. The fourth-order valence-electron chi connectivity index (χ4n) is 5.24. The maximum absolute atomic E-state index is 6.79. The zero-order chi connectivity index (χ0) is 25.0. The molecule has 2 aromatic carbocycles. The number of nitrogen functional groups attached to an aromatic ring is 1. The standard InChI is InChI=1S/C29H33N5O2/c1-21-13-14-22(2)29(15-21,18-35-16-23-9-5-3-6-10-23)28(36-17-24-11-7-4-8-12-24)34-20-33-25-26(30)31-19-32-27(25)34/h3-14,19-22,28H,15-18H2,1-2H3,(H2,30,31,32)/t21-,22-,28-,29-/m0/s1. The van der Waals surface area contributed by atoms with Crippen LogP contribution in [0.15, 0.2) is 85.5 Å². The molecule has 0 saturated heterocycles. The monoisotopic (exact) mass is 483 g/mol. The van der Waals surface area contributed by atoms with Gasteiger partial charge in [0.2, 0.25) is 0 Å². The van der Waals surface area contributed by atoms with Crippen molar-refractivity contribution in [2.75, 3.05) is 12.3 Å². The highest BCUT2D eigenvalue weighted by Gasteiger charge is 2.48. The van der Waals surface area contributed by atoms with Crippen LogP contribution in [0.4, 0.5) is 5.82 Å². The summed E-state index contributed by atoms with van der Waals surface area (Å²) >= 11 is 0. The number of nitrogens with two attached hydrogens (primary N) is 1. The minimum Gasteiger partial charge on any atom is -0.382 e. The van der Waals surface area contributed by atoms with Gasteiger partial charge >= 0.3 is 0 Å². The van der Waals surface area contributed by atoms with Crippen LogP contribution in [0.5, 0.6) is 0 Å². The highest BCUT2D eigenvalue weighted by atomic mass is 16.5. The number of ether oxygens (including phenoxy) is 2. The van der Waals surface area contributed by atoms with Gasteiger partial charge in [-0.05, 0) is 29.4 Å². The lowest BCUT2D eigenvalue weighted by atomic mass is 9.66. The van der Waals surface area contributed by atoms with Crippen molar-refractivity contribution in [1.29, 1.82) is 0 Å². The predicted molar refractivity (Wildman–Crippen MR) is 141 cm³/mol. The molecular formula is C29H33N5O2. The van der Waals surface area contributed by atoms with E-state index in [9.17, 15) is 0 Å². The van der Waals surface area contributed by atoms with Gasteiger partial charge < -0.3 is 15.2 Å². The average molecular weight is 484 g/mol. The summed E-state index contributed by atoms with van der Waals surface area (Å²) in [6.07, 6.45) is 8.37. The van der Waals surface area contributed by atoms with E-state index in [1.54, 1.807) is 6.33 Å². The van der Waals surface area contributed by atoms with Crippen molar-refractivity contribution in [3.63, 3.8) is 0 Å². The summed E-state index contributed by atoms with van der Waals surface area (Å²) in [6.45, 7) is 6.01. The van der Waals surface area contributed by atoms with Gasteiger partial charge in [0.25, 0.3) is 0 Å². The molecule has 0 fully saturated rings. The van der Waals surface area contributed by atoms with Gasteiger partial charge in [0.05, 0.1) is 26.1 Å². The van der Waals surface area contributed by atoms with E-state index in [-0.39, 0.29) is 17.6 Å². The van der Waals surface area contributed by atoms with E-state index in [0.717, 1.165) is 17.5 Å². The molecule has 4 aromatic rings. The molecule has 7 nitrogen and oxygen atoms in total. The lowest BCUT2D eigenvalue weighted by Gasteiger charge is -2.47.